The zero-order valence-electron chi connectivity index (χ0n) is 12.2. The molecule has 0 spiro atoms. The molecule has 0 saturated carbocycles. The molecule has 20 heavy (non-hydrogen) atoms. The molecule has 6 nitrogen and oxygen atoms in total. The number of methoxy groups -OCH3 is 1. The summed E-state index contributed by atoms with van der Waals surface area (Å²) in [6.45, 7) is 5.99. The lowest BCUT2D eigenvalue weighted by molar-refractivity contribution is 0.0517. The standard InChI is InChI=1S/C13H20N2O4S/c1-5-19-12(17)10-11(9(3)16)20-13(15-10)14-8(2)6-7-18-4/h8H,5-7H2,1-4H3,(H,14,15). The number of rotatable bonds is 8. The highest BCUT2D eigenvalue weighted by Crippen LogP contribution is 2.25. The molecule has 0 aliphatic carbocycles. The molecule has 7 heteroatoms. The largest absolute Gasteiger partial charge is 0.461 e. The monoisotopic (exact) mass is 300 g/mol. The number of thiazole rings is 1. The molecular weight excluding hydrogens is 280 g/mol. The summed E-state index contributed by atoms with van der Waals surface area (Å²) in [5.41, 5.74) is 0.0887. The molecular formula is C13H20N2O4S. The Balaban J connectivity index is 2.86. The average molecular weight is 300 g/mol. The van der Waals surface area contributed by atoms with E-state index in [0.717, 1.165) is 6.42 Å². The summed E-state index contributed by atoms with van der Waals surface area (Å²) in [5.74, 6) is -0.755. The van der Waals surface area contributed by atoms with Gasteiger partial charge in [-0.05, 0) is 20.3 Å². The molecule has 112 valence electrons. The summed E-state index contributed by atoms with van der Waals surface area (Å²) < 4.78 is 9.91. The molecule has 0 radical (unpaired) electrons. The van der Waals surface area contributed by atoms with E-state index in [1.54, 1.807) is 14.0 Å². The van der Waals surface area contributed by atoms with Gasteiger partial charge in [0.05, 0.1) is 6.61 Å². The van der Waals surface area contributed by atoms with Gasteiger partial charge in [0.15, 0.2) is 16.6 Å². The number of anilines is 1. The Morgan fingerprint density at radius 3 is 2.70 bits per heavy atom. The molecule has 0 amide bonds. The van der Waals surface area contributed by atoms with Crippen molar-refractivity contribution >= 4 is 28.2 Å². The number of carbonyl (C=O) groups is 2. The maximum Gasteiger partial charge on any atom is 0.358 e. The van der Waals surface area contributed by atoms with Crippen molar-refractivity contribution in [1.29, 1.82) is 0 Å². The second kappa shape index (κ2) is 7.96. The molecule has 1 unspecified atom stereocenters. The van der Waals surface area contributed by atoms with Gasteiger partial charge in [-0.1, -0.05) is 11.3 Å². The molecule has 1 rings (SSSR count). The van der Waals surface area contributed by atoms with Crippen molar-refractivity contribution in [3.8, 4) is 0 Å². The van der Waals surface area contributed by atoms with Crippen molar-refractivity contribution < 1.29 is 19.1 Å². The highest BCUT2D eigenvalue weighted by molar-refractivity contribution is 7.17. The van der Waals surface area contributed by atoms with Crippen molar-refractivity contribution in [3.05, 3.63) is 10.6 Å². The molecule has 0 aliphatic rings. The fourth-order valence-corrected chi connectivity index (χ4v) is 2.50. The van der Waals surface area contributed by atoms with Gasteiger partial charge < -0.3 is 14.8 Å². The zero-order valence-corrected chi connectivity index (χ0v) is 13.0. The topological polar surface area (TPSA) is 77.5 Å². The van der Waals surface area contributed by atoms with Gasteiger partial charge >= 0.3 is 5.97 Å². The van der Waals surface area contributed by atoms with E-state index in [-0.39, 0.29) is 24.1 Å². The Morgan fingerprint density at radius 1 is 1.45 bits per heavy atom. The van der Waals surface area contributed by atoms with Crippen LogP contribution in [0.3, 0.4) is 0 Å². The van der Waals surface area contributed by atoms with Crippen LogP contribution in [0.2, 0.25) is 0 Å². The number of hydrogen-bond acceptors (Lipinski definition) is 7. The maximum absolute atomic E-state index is 11.8. The number of esters is 1. The van der Waals surface area contributed by atoms with E-state index in [1.807, 2.05) is 6.92 Å². The third-order valence-corrected chi connectivity index (χ3v) is 3.63. The molecule has 0 fully saturated rings. The minimum atomic E-state index is -0.563. The number of ketones is 1. The fourth-order valence-electron chi connectivity index (χ4n) is 1.54. The van der Waals surface area contributed by atoms with Gasteiger partial charge in [0.1, 0.15) is 4.88 Å². The molecule has 0 aliphatic heterocycles. The molecule has 0 bridgehead atoms. The first-order valence-corrected chi connectivity index (χ1v) is 7.25. The minimum Gasteiger partial charge on any atom is -0.461 e. The quantitative estimate of drug-likeness (QED) is 0.586. The average Bonchev–Trinajstić information content (AvgIpc) is 2.80. The number of nitrogens with one attached hydrogen (secondary N) is 1. The van der Waals surface area contributed by atoms with E-state index in [9.17, 15) is 9.59 Å². The normalized spacial score (nSPS) is 12.0. The van der Waals surface area contributed by atoms with Gasteiger partial charge in [0, 0.05) is 26.7 Å². The van der Waals surface area contributed by atoms with Gasteiger partial charge in [-0.2, -0.15) is 0 Å². The highest BCUT2D eigenvalue weighted by Gasteiger charge is 2.22. The lowest BCUT2D eigenvalue weighted by atomic mass is 10.2. The van der Waals surface area contributed by atoms with Crippen molar-refractivity contribution in [2.24, 2.45) is 0 Å². The Morgan fingerprint density at radius 2 is 2.15 bits per heavy atom. The summed E-state index contributed by atoms with van der Waals surface area (Å²) in [7, 11) is 1.64. The smallest absolute Gasteiger partial charge is 0.358 e. The Labute approximate surface area is 122 Å². The third kappa shape index (κ3) is 4.57. The Kier molecular flexibility index (Phi) is 6.60. The fraction of sp³-hybridized carbons (Fsp3) is 0.615. The van der Waals surface area contributed by atoms with Crippen molar-refractivity contribution in [1.82, 2.24) is 4.98 Å². The lowest BCUT2D eigenvalue weighted by Gasteiger charge is -2.11. The lowest BCUT2D eigenvalue weighted by Crippen LogP contribution is -2.17. The zero-order chi connectivity index (χ0) is 15.1. The molecule has 1 N–H and O–H groups in total. The highest BCUT2D eigenvalue weighted by atomic mass is 32.1. The Bertz CT molecular complexity index is 473. The van der Waals surface area contributed by atoms with E-state index in [1.165, 1.54) is 18.3 Å². The summed E-state index contributed by atoms with van der Waals surface area (Å²) in [6.07, 6.45) is 0.806. The number of ether oxygens (including phenoxy) is 2. The molecule has 0 saturated heterocycles. The molecule has 1 atom stereocenters. The van der Waals surface area contributed by atoms with Crippen molar-refractivity contribution in [2.45, 2.75) is 33.2 Å². The summed E-state index contributed by atoms with van der Waals surface area (Å²) >= 11 is 1.17. The van der Waals surface area contributed by atoms with Crippen molar-refractivity contribution in [3.63, 3.8) is 0 Å². The first-order valence-electron chi connectivity index (χ1n) is 6.43. The molecule has 0 aromatic carbocycles. The van der Waals surface area contributed by atoms with Crippen LogP contribution in [0.4, 0.5) is 5.13 Å². The number of carbonyl (C=O) groups excluding carboxylic acids is 2. The molecule has 1 aromatic rings. The van der Waals surface area contributed by atoms with E-state index in [0.29, 0.717) is 16.6 Å². The third-order valence-electron chi connectivity index (χ3n) is 2.54. The predicted octanol–water partition coefficient (Wildman–Crippen LogP) is 2.36. The van der Waals surface area contributed by atoms with Crippen LogP contribution >= 0.6 is 11.3 Å². The summed E-state index contributed by atoms with van der Waals surface area (Å²) in [5, 5.41) is 3.70. The number of Topliss-reactive ketones (excluding diaryl/α,β-unsaturated/α-hetero) is 1. The van der Waals surface area contributed by atoms with Crippen molar-refractivity contribution in [2.75, 3.05) is 25.6 Å². The number of hydrogen-bond donors (Lipinski definition) is 1. The molecule has 1 aromatic heterocycles. The number of nitrogens with zero attached hydrogens (tertiary/aromatic N) is 1. The van der Waals surface area contributed by atoms with E-state index in [4.69, 9.17) is 9.47 Å². The van der Waals surface area contributed by atoms with Crippen LogP contribution in [0.25, 0.3) is 0 Å². The van der Waals surface area contributed by atoms with E-state index < -0.39 is 5.97 Å². The van der Waals surface area contributed by atoms with Crippen LogP contribution < -0.4 is 5.32 Å². The first-order chi connectivity index (χ1) is 9.49. The predicted molar refractivity (Wildman–Crippen MR) is 77.7 cm³/mol. The van der Waals surface area contributed by atoms with Gasteiger partial charge in [-0.15, -0.1) is 0 Å². The number of aromatic nitrogens is 1. The van der Waals surface area contributed by atoms with E-state index >= 15 is 0 Å². The van der Waals surface area contributed by atoms with E-state index in [2.05, 4.69) is 10.3 Å². The van der Waals surface area contributed by atoms with Gasteiger partial charge in [-0.3, -0.25) is 4.79 Å². The summed E-state index contributed by atoms with van der Waals surface area (Å²) in [4.78, 5) is 27.8. The minimum absolute atomic E-state index is 0.0887. The van der Waals surface area contributed by atoms with Crippen LogP contribution in [0.1, 0.15) is 47.4 Å². The van der Waals surface area contributed by atoms with Gasteiger partial charge in [-0.25, -0.2) is 9.78 Å². The second-order valence-electron chi connectivity index (χ2n) is 4.30. The van der Waals surface area contributed by atoms with Crippen LogP contribution in [-0.2, 0) is 9.47 Å². The second-order valence-corrected chi connectivity index (χ2v) is 5.30. The summed E-state index contributed by atoms with van der Waals surface area (Å²) in [6, 6.07) is 0.135. The van der Waals surface area contributed by atoms with Gasteiger partial charge in [0.25, 0.3) is 0 Å². The molecule has 1 heterocycles. The van der Waals surface area contributed by atoms with Gasteiger partial charge in [0.2, 0.25) is 0 Å². The van der Waals surface area contributed by atoms with Crippen LogP contribution in [0, 0.1) is 0 Å². The SMILES string of the molecule is CCOC(=O)c1nc(NC(C)CCOC)sc1C(C)=O. The van der Waals surface area contributed by atoms with Crippen LogP contribution in [0.5, 0.6) is 0 Å². The maximum atomic E-state index is 11.8. The first kappa shape index (κ1) is 16.6. The Hall–Kier alpha value is -1.47. The van der Waals surface area contributed by atoms with Crippen LogP contribution in [-0.4, -0.2) is 43.1 Å². The van der Waals surface area contributed by atoms with Crippen LogP contribution in [0.15, 0.2) is 0 Å².